The Bertz CT molecular complexity index is 515. The Hall–Kier alpha value is -1.26. The van der Waals surface area contributed by atoms with Gasteiger partial charge in [-0.15, -0.1) is 11.3 Å². The van der Waals surface area contributed by atoms with Crippen molar-refractivity contribution in [2.45, 2.75) is 19.8 Å². The summed E-state index contributed by atoms with van der Waals surface area (Å²) in [6.07, 6.45) is 6.08. The van der Waals surface area contributed by atoms with Gasteiger partial charge in [-0.2, -0.15) is 0 Å². The van der Waals surface area contributed by atoms with Crippen molar-refractivity contribution < 1.29 is 0 Å². The fourth-order valence-corrected chi connectivity index (χ4v) is 3.51. The molecular formula is C14H17N3S. The first-order chi connectivity index (χ1) is 8.83. The van der Waals surface area contributed by atoms with E-state index in [1.807, 2.05) is 23.6 Å². The van der Waals surface area contributed by atoms with E-state index >= 15 is 0 Å². The molecule has 1 fully saturated rings. The van der Waals surface area contributed by atoms with E-state index in [4.69, 9.17) is 4.98 Å². The van der Waals surface area contributed by atoms with Gasteiger partial charge in [0, 0.05) is 29.3 Å². The molecule has 1 aliphatic heterocycles. The van der Waals surface area contributed by atoms with E-state index in [0.717, 1.165) is 36.7 Å². The first kappa shape index (κ1) is 11.8. The Balaban J connectivity index is 1.82. The highest BCUT2D eigenvalue weighted by Crippen LogP contribution is 2.28. The van der Waals surface area contributed by atoms with Crippen LogP contribution in [-0.4, -0.2) is 23.1 Å². The standard InChI is InChI=1S/C14H17N3S/c1-10-14(12-3-2-5-15-9-12)17-13(18-10)7-11-4-6-16-8-11/h2-3,5,9,11,16H,4,6-8H2,1H3. The molecular weight excluding hydrogens is 242 g/mol. The molecule has 0 spiro atoms. The van der Waals surface area contributed by atoms with Crippen molar-refractivity contribution in [1.29, 1.82) is 0 Å². The number of aromatic nitrogens is 2. The number of nitrogens with one attached hydrogen (secondary N) is 1. The smallest absolute Gasteiger partial charge is 0.0938 e. The molecule has 0 aliphatic carbocycles. The summed E-state index contributed by atoms with van der Waals surface area (Å²) in [6, 6.07) is 4.05. The zero-order valence-corrected chi connectivity index (χ0v) is 11.3. The second kappa shape index (κ2) is 5.16. The van der Waals surface area contributed by atoms with Gasteiger partial charge in [0.25, 0.3) is 0 Å². The molecule has 3 heterocycles. The molecule has 3 rings (SSSR count). The fourth-order valence-electron chi connectivity index (χ4n) is 2.44. The maximum Gasteiger partial charge on any atom is 0.0938 e. The number of nitrogens with zero attached hydrogens (tertiary/aromatic N) is 2. The van der Waals surface area contributed by atoms with Crippen molar-refractivity contribution in [3.8, 4) is 11.3 Å². The number of thiazole rings is 1. The number of hydrogen-bond acceptors (Lipinski definition) is 4. The second-order valence-electron chi connectivity index (χ2n) is 4.82. The first-order valence-corrected chi connectivity index (χ1v) is 7.22. The molecule has 2 aromatic rings. The Morgan fingerprint density at radius 1 is 1.50 bits per heavy atom. The van der Waals surface area contributed by atoms with Crippen LogP contribution in [0.1, 0.15) is 16.3 Å². The number of hydrogen-bond donors (Lipinski definition) is 1. The van der Waals surface area contributed by atoms with Gasteiger partial charge in [-0.25, -0.2) is 4.98 Å². The Morgan fingerprint density at radius 3 is 3.17 bits per heavy atom. The van der Waals surface area contributed by atoms with E-state index in [2.05, 4.69) is 23.3 Å². The van der Waals surface area contributed by atoms with E-state index in [1.165, 1.54) is 16.3 Å². The summed E-state index contributed by atoms with van der Waals surface area (Å²) in [7, 11) is 0. The lowest BCUT2D eigenvalue weighted by atomic mass is 10.1. The van der Waals surface area contributed by atoms with Crippen LogP contribution in [0.25, 0.3) is 11.3 Å². The highest BCUT2D eigenvalue weighted by Gasteiger charge is 2.18. The number of rotatable bonds is 3. The average molecular weight is 259 g/mol. The first-order valence-electron chi connectivity index (χ1n) is 6.40. The molecule has 0 amide bonds. The molecule has 3 nitrogen and oxygen atoms in total. The van der Waals surface area contributed by atoms with Crippen molar-refractivity contribution in [3.63, 3.8) is 0 Å². The molecule has 1 unspecified atom stereocenters. The number of aryl methyl sites for hydroxylation is 1. The predicted molar refractivity (Wildman–Crippen MR) is 74.8 cm³/mol. The third kappa shape index (κ3) is 2.44. The molecule has 1 N–H and O–H groups in total. The zero-order chi connectivity index (χ0) is 12.4. The summed E-state index contributed by atoms with van der Waals surface area (Å²) < 4.78 is 0. The maximum absolute atomic E-state index is 4.79. The van der Waals surface area contributed by atoms with Gasteiger partial charge in [-0.1, -0.05) is 0 Å². The van der Waals surface area contributed by atoms with Gasteiger partial charge in [0.2, 0.25) is 0 Å². The minimum Gasteiger partial charge on any atom is -0.316 e. The van der Waals surface area contributed by atoms with Crippen LogP contribution in [0.3, 0.4) is 0 Å². The van der Waals surface area contributed by atoms with Gasteiger partial charge >= 0.3 is 0 Å². The van der Waals surface area contributed by atoms with E-state index < -0.39 is 0 Å². The zero-order valence-electron chi connectivity index (χ0n) is 10.5. The largest absolute Gasteiger partial charge is 0.316 e. The molecule has 0 radical (unpaired) electrons. The third-order valence-corrected chi connectivity index (χ3v) is 4.39. The summed E-state index contributed by atoms with van der Waals surface area (Å²) in [5.74, 6) is 0.761. The SMILES string of the molecule is Cc1sc(CC2CCNC2)nc1-c1cccnc1. The summed E-state index contributed by atoms with van der Waals surface area (Å²) in [5.41, 5.74) is 2.23. The van der Waals surface area contributed by atoms with Crippen LogP contribution < -0.4 is 5.32 Å². The normalized spacial score (nSPS) is 19.3. The van der Waals surface area contributed by atoms with Crippen LogP contribution in [0.2, 0.25) is 0 Å². The molecule has 1 saturated heterocycles. The van der Waals surface area contributed by atoms with Gasteiger partial charge in [-0.05, 0) is 44.5 Å². The van der Waals surface area contributed by atoms with E-state index in [1.54, 1.807) is 6.20 Å². The van der Waals surface area contributed by atoms with Gasteiger partial charge < -0.3 is 5.32 Å². The maximum atomic E-state index is 4.79. The molecule has 94 valence electrons. The van der Waals surface area contributed by atoms with Crippen molar-refractivity contribution in [1.82, 2.24) is 15.3 Å². The third-order valence-electron chi connectivity index (χ3n) is 3.40. The molecule has 18 heavy (non-hydrogen) atoms. The Kier molecular flexibility index (Phi) is 3.39. The molecule has 1 aliphatic rings. The molecule has 2 aromatic heterocycles. The van der Waals surface area contributed by atoms with E-state index in [-0.39, 0.29) is 0 Å². The summed E-state index contributed by atoms with van der Waals surface area (Å²) in [5, 5.41) is 4.68. The van der Waals surface area contributed by atoms with Crippen LogP contribution in [0, 0.1) is 12.8 Å². The van der Waals surface area contributed by atoms with Crippen molar-refractivity contribution in [3.05, 3.63) is 34.4 Å². The molecule has 0 saturated carbocycles. The molecule has 0 bridgehead atoms. The van der Waals surface area contributed by atoms with Gasteiger partial charge in [-0.3, -0.25) is 4.98 Å². The second-order valence-corrected chi connectivity index (χ2v) is 6.10. The van der Waals surface area contributed by atoms with Crippen molar-refractivity contribution in [2.75, 3.05) is 13.1 Å². The minimum absolute atomic E-state index is 0.761. The van der Waals surface area contributed by atoms with Crippen LogP contribution in [0.4, 0.5) is 0 Å². The quantitative estimate of drug-likeness (QED) is 0.921. The summed E-state index contributed by atoms with van der Waals surface area (Å²) >= 11 is 1.83. The Labute approximate surface area is 111 Å². The van der Waals surface area contributed by atoms with Gasteiger partial charge in [0.05, 0.1) is 10.7 Å². The highest BCUT2D eigenvalue weighted by atomic mass is 32.1. The van der Waals surface area contributed by atoms with E-state index in [9.17, 15) is 0 Å². The molecule has 1 atom stereocenters. The van der Waals surface area contributed by atoms with Crippen molar-refractivity contribution >= 4 is 11.3 Å². The lowest BCUT2D eigenvalue weighted by Gasteiger charge is -2.03. The lowest BCUT2D eigenvalue weighted by molar-refractivity contribution is 0.578. The summed E-state index contributed by atoms with van der Waals surface area (Å²) in [4.78, 5) is 10.3. The Morgan fingerprint density at radius 2 is 2.44 bits per heavy atom. The lowest BCUT2D eigenvalue weighted by Crippen LogP contribution is -2.10. The van der Waals surface area contributed by atoms with Crippen LogP contribution in [0.15, 0.2) is 24.5 Å². The van der Waals surface area contributed by atoms with E-state index in [0.29, 0.717) is 0 Å². The molecule has 0 aromatic carbocycles. The van der Waals surface area contributed by atoms with Crippen molar-refractivity contribution in [2.24, 2.45) is 5.92 Å². The fraction of sp³-hybridized carbons (Fsp3) is 0.429. The predicted octanol–water partition coefficient (Wildman–Crippen LogP) is 2.67. The summed E-state index contributed by atoms with van der Waals surface area (Å²) in [6.45, 7) is 4.45. The van der Waals surface area contributed by atoms with Gasteiger partial charge in [0.1, 0.15) is 0 Å². The van der Waals surface area contributed by atoms with Crippen LogP contribution in [0.5, 0.6) is 0 Å². The van der Waals surface area contributed by atoms with Crippen LogP contribution in [-0.2, 0) is 6.42 Å². The molecule has 4 heteroatoms. The minimum atomic E-state index is 0.761. The average Bonchev–Trinajstić information content (AvgIpc) is 3.01. The number of pyridine rings is 1. The van der Waals surface area contributed by atoms with Crippen LogP contribution >= 0.6 is 11.3 Å². The monoisotopic (exact) mass is 259 g/mol. The highest BCUT2D eigenvalue weighted by molar-refractivity contribution is 7.12. The van der Waals surface area contributed by atoms with Gasteiger partial charge in [0.15, 0.2) is 0 Å². The topological polar surface area (TPSA) is 37.8 Å².